The van der Waals surface area contributed by atoms with Crippen molar-refractivity contribution >= 4 is 55.5 Å². The number of carbonyl (C=O) groups is 1. The highest BCUT2D eigenvalue weighted by Crippen LogP contribution is 2.38. The van der Waals surface area contributed by atoms with Crippen LogP contribution in [0.15, 0.2) is 22.7 Å². The number of nitrogens with zero attached hydrogens (tertiary/aromatic N) is 1. The molecule has 0 bridgehead atoms. The van der Waals surface area contributed by atoms with E-state index >= 15 is 0 Å². The van der Waals surface area contributed by atoms with Crippen molar-refractivity contribution in [1.82, 2.24) is 5.32 Å². The summed E-state index contributed by atoms with van der Waals surface area (Å²) in [6.45, 7) is 0. The molecule has 5 nitrogen and oxygen atoms in total. The lowest BCUT2D eigenvalue weighted by atomic mass is 10.1. The van der Waals surface area contributed by atoms with Crippen molar-refractivity contribution in [2.24, 2.45) is 0 Å². The molecule has 0 atom stereocenters. The summed E-state index contributed by atoms with van der Waals surface area (Å²) in [6.07, 6.45) is 3.01. The van der Waals surface area contributed by atoms with Crippen LogP contribution in [-0.2, 0) is 12.8 Å². The Balaban J connectivity index is 1.70. The van der Waals surface area contributed by atoms with Gasteiger partial charge in [0, 0.05) is 10.4 Å². The Kier molecular flexibility index (Phi) is 5.37. The second-order valence-corrected chi connectivity index (χ2v) is 7.80. The Morgan fingerprint density at radius 2 is 2.24 bits per heavy atom. The molecule has 2 N–H and O–H groups in total. The fourth-order valence-corrected chi connectivity index (χ4v) is 4.77. The zero-order chi connectivity index (χ0) is 18.0. The van der Waals surface area contributed by atoms with Crippen molar-refractivity contribution in [3.63, 3.8) is 0 Å². The normalized spacial score (nSPS) is 12.2. The summed E-state index contributed by atoms with van der Waals surface area (Å²) >= 11 is 10.1. The SMILES string of the molecule is COc1ccc(C(=O)NC(=S)Nc2sc3c(c2C#N)CCC3)cc1Br. The van der Waals surface area contributed by atoms with E-state index in [4.69, 9.17) is 17.0 Å². The van der Waals surface area contributed by atoms with Crippen LogP contribution in [0.1, 0.15) is 32.8 Å². The van der Waals surface area contributed by atoms with Gasteiger partial charge in [0.25, 0.3) is 5.91 Å². The molecule has 1 aromatic heterocycles. The van der Waals surface area contributed by atoms with Gasteiger partial charge in [-0.05, 0) is 71.2 Å². The fraction of sp³-hybridized carbons (Fsp3) is 0.235. The molecule has 1 aliphatic carbocycles. The van der Waals surface area contributed by atoms with Crippen LogP contribution in [0.3, 0.4) is 0 Å². The standard InChI is InChI=1S/C17H14BrN3O2S2/c1-23-13-6-5-9(7-12(13)18)15(22)20-17(24)21-16-11(8-19)10-3-2-4-14(10)25-16/h5-7H,2-4H2,1H3,(H2,20,21,22,24). The number of halogens is 1. The number of amides is 1. The molecule has 0 radical (unpaired) electrons. The summed E-state index contributed by atoms with van der Waals surface area (Å²) in [4.78, 5) is 13.6. The molecule has 2 aromatic rings. The molecule has 0 saturated heterocycles. The van der Waals surface area contributed by atoms with Gasteiger partial charge in [-0.2, -0.15) is 5.26 Å². The van der Waals surface area contributed by atoms with Crippen LogP contribution in [0.2, 0.25) is 0 Å². The van der Waals surface area contributed by atoms with E-state index in [1.54, 1.807) is 25.3 Å². The second kappa shape index (κ2) is 7.52. The Hall–Kier alpha value is -1.95. The first-order valence-electron chi connectivity index (χ1n) is 7.54. The first-order valence-corrected chi connectivity index (χ1v) is 9.55. The van der Waals surface area contributed by atoms with E-state index in [0.29, 0.717) is 26.4 Å². The van der Waals surface area contributed by atoms with Crippen LogP contribution in [0.4, 0.5) is 5.00 Å². The van der Waals surface area contributed by atoms with Gasteiger partial charge in [0.15, 0.2) is 5.11 Å². The highest BCUT2D eigenvalue weighted by molar-refractivity contribution is 9.10. The van der Waals surface area contributed by atoms with Gasteiger partial charge in [-0.3, -0.25) is 10.1 Å². The van der Waals surface area contributed by atoms with Crippen LogP contribution < -0.4 is 15.4 Å². The minimum Gasteiger partial charge on any atom is -0.496 e. The summed E-state index contributed by atoms with van der Waals surface area (Å²) in [6, 6.07) is 7.26. The lowest BCUT2D eigenvalue weighted by Gasteiger charge is -2.10. The third-order valence-corrected chi connectivity index (χ3v) is 5.93. The number of thiocarbonyl (C=S) groups is 1. The third kappa shape index (κ3) is 3.68. The summed E-state index contributed by atoms with van der Waals surface area (Å²) in [5.74, 6) is 0.312. The number of hydrogen-bond donors (Lipinski definition) is 2. The van der Waals surface area contributed by atoms with E-state index < -0.39 is 0 Å². The molecule has 0 saturated carbocycles. The fourth-order valence-electron chi connectivity index (χ4n) is 2.73. The maximum atomic E-state index is 12.3. The van der Waals surface area contributed by atoms with Crippen molar-refractivity contribution in [1.29, 1.82) is 5.26 Å². The average molecular weight is 436 g/mol. The Morgan fingerprint density at radius 1 is 1.44 bits per heavy atom. The van der Waals surface area contributed by atoms with E-state index in [0.717, 1.165) is 24.8 Å². The van der Waals surface area contributed by atoms with Crippen molar-refractivity contribution < 1.29 is 9.53 Å². The molecule has 0 unspecified atom stereocenters. The number of ether oxygens (including phenoxy) is 1. The van der Waals surface area contributed by atoms with E-state index in [1.165, 1.54) is 16.2 Å². The molecule has 1 aliphatic rings. The highest BCUT2D eigenvalue weighted by atomic mass is 79.9. The number of thiophene rings is 1. The van der Waals surface area contributed by atoms with Crippen molar-refractivity contribution in [2.45, 2.75) is 19.3 Å². The number of aryl methyl sites for hydroxylation is 1. The highest BCUT2D eigenvalue weighted by Gasteiger charge is 2.22. The minimum atomic E-state index is -0.330. The Labute approximate surface area is 163 Å². The van der Waals surface area contributed by atoms with Crippen LogP contribution in [0.25, 0.3) is 0 Å². The van der Waals surface area contributed by atoms with Gasteiger partial charge in [0.2, 0.25) is 0 Å². The average Bonchev–Trinajstić information content (AvgIpc) is 3.15. The quantitative estimate of drug-likeness (QED) is 0.712. The molecule has 0 aliphatic heterocycles. The summed E-state index contributed by atoms with van der Waals surface area (Å²) < 4.78 is 5.83. The first-order chi connectivity index (χ1) is 12.0. The maximum absolute atomic E-state index is 12.3. The van der Waals surface area contributed by atoms with Crippen LogP contribution >= 0.6 is 39.5 Å². The number of hydrogen-bond acceptors (Lipinski definition) is 5. The zero-order valence-corrected chi connectivity index (χ0v) is 16.5. The number of benzene rings is 1. The maximum Gasteiger partial charge on any atom is 0.257 e. The number of nitrogens with one attached hydrogen (secondary N) is 2. The first kappa shape index (κ1) is 17.9. The van der Waals surface area contributed by atoms with Crippen LogP contribution in [-0.4, -0.2) is 18.1 Å². The van der Waals surface area contributed by atoms with Crippen LogP contribution in [0, 0.1) is 11.3 Å². The van der Waals surface area contributed by atoms with Crippen molar-refractivity contribution in [3.8, 4) is 11.8 Å². The molecule has 8 heteroatoms. The van der Waals surface area contributed by atoms with Gasteiger partial charge in [-0.15, -0.1) is 11.3 Å². The smallest absolute Gasteiger partial charge is 0.257 e. The van der Waals surface area contributed by atoms with E-state index in [9.17, 15) is 10.1 Å². The van der Waals surface area contributed by atoms with Crippen LogP contribution in [0.5, 0.6) is 5.75 Å². The van der Waals surface area contributed by atoms with E-state index in [-0.39, 0.29) is 11.0 Å². The molecular weight excluding hydrogens is 422 g/mol. The lowest BCUT2D eigenvalue weighted by molar-refractivity contribution is 0.0977. The second-order valence-electron chi connectivity index (χ2n) is 5.43. The minimum absolute atomic E-state index is 0.174. The molecule has 3 rings (SSSR count). The molecule has 0 spiro atoms. The van der Waals surface area contributed by atoms with Gasteiger partial charge in [0.05, 0.1) is 17.1 Å². The summed E-state index contributed by atoms with van der Waals surface area (Å²) in [5.41, 5.74) is 2.20. The molecule has 128 valence electrons. The number of rotatable bonds is 3. The number of nitriles is 1. The zero-order valence-electron chi connectivity index (χ0n) is 13.3. The largest absolute Gasteiger partial charge is 0.496 e. The predicted molar refractivity (Wildman–Crippen MR) is 105 cm³/mol. The molecule has 25 heavy (non-hydrogen) atoms. The van der Waals surface area contributed by atoms with Gasteiger partial charge in [-0.25, -0.2) is 0 Å². The van der Waals surface area contributed by atoms with E-state index in [1.807, 2.05) is 0 Å². The van der Waals surface area contributed by atoms with Crippen molar-refractivity contribution in [3.05, 3.63) is 44.2 Å². The van der Waals surface area contributed by atoms with Gasteiger partial charge < -0.3 is 10.1 Å². The van der Waals surface area contributed by atoms with E-state index in [2.05, 4.69) is 32.6 Å². The number of methoxy groups -OCH3 is 1. The summed E-state index contributed by atoms with van der Waals surface area (Å²) in [5, 5.41) is 15.9. The number of carbonyl (C=O) groups excluding carboxylic acids is 1. The molecule has 1 heterocycles. The Morgan fingerprint density at radius 3 is 2.92 bits per heavy atom. The third-order valence-electron chi connectivity index (χ3n) is 3.90. The topological polar surface area (TPSA) is 74.2 Å². The number of fused-ring (bicyclic) bond motifs is 1. The Bertz CT molecular complexity index is 902. The predicted octanol–water partition coefficient (Wildman–Crippen LogP) is 4.01. The molecule has 0 fully saturated rings. The van der Waals surface area contributed by atoms with Gasteiger partial charge in [0.1, 0.15) is 16.8 Å². The summed E-state index contributed by atoms with van der Waals surface area (Å²) in [7, 11) is 1.56. The molecule has 1 amide bonds. The van der Waals surface area contributed by atoms with Gasteiger partial charge >= 0.3 is 0 Å². The van der Waals surface area contributed by atoms with Gasteiger partial charge in [-0.1, -0.05) is 0 Å². The van der Waals surface area contributed by atoms with Crippen molar-refractivity contribution in [2.75, 3.05) is 12.4 Å². The lowest BCUT2D eigenvalue weighted by Crippen LogP contribution is -2.34. The molecule has 1 aromatic carbocycles. The number of anilines is 1. The molecular formula is C17H14BrN3O2S2. The monoisotopic (exact) mass is 435 g/mol.